The smallest absolute Gasteiger partial charge is 0.273 e. The van der Waals surface area contributed by atoms with E-state index in [1.165, 1.54) is 25.0 Å². The van der Waals surface area contributed by atoms with E-state index in [-0.39, 0.29) is 47.8 Å². The molecule has 10 nitrogen and oxygen atoms in total. The van der Waals surface area contributed by atoms with Gasteiger partial charge in [0.1, 0.15) is 24.4 Å². The van der Waals surface area contributed by atoms with Gasteiger partial charge in [-0.1, -0.05) is 49.1 Å². The summed E-state index contributed by atoms with van der Waals surface area (Å²) in [6, 6.07) is 12.1. The molecule has 11 heteroatoms. The molecular formula is C39H50N2O8S. The number of nitrogens with zero attached hydrogens (tertiary/aromatic N) is 2. The SMILES string of the molecule is C=CCO[C@@]12Oc3ccc(Oc4cccc([N+](=O)[O-])c4)cc3[C@H]3[C@H](CCCCO)[C@@H](CCCCO)C=C(C(=NOC)C[C@@H]1SC1CCCC1)[C@H]32. The second kappa shape index (κ2) is 16.8. The van der Waals surface area contributed by atoms with E-state index in [2.05, 4.69) is 17.8 Å². The van der Waals surface area contributed by atoms with Crippen LogP contribution in [0.15, 0.2) is 71.9 Å². The van der Waals surface area contributed by atoms with Crippen molar-refractivity contribution in [3.8, 4) is 17.2 Å². The number of unbranched alkanes of at least 4 members (excludes halogenated alkanes) is 2. The lowest BCUT2D eigenvalue weighted by Gasteiger charge is -2.58. The first-order valence-corrected chi connectivity index (χ1v) is 19.1. The molecule has 0 saturated heterocycles. The number of non-ortho nitro benzene ring substituents is 1. The number of ether oxygens (including phenoxy) is 3. The van der Waals surface area contributed by atoms with E-state index < -0.39 is 10.7 Å². The third kappa shape index (κ3) is 7.61. The second-order valence-electron chi connectivity index (χ2n) is 13.8. The third-order valence-corrected chi connectivity index (χ3v) is 12.4. The zero-order chi connectivity index (χ0) is 35.1. The minimum absolute atomic E-state index is 0.0392. The van der Waals surface area contributed by atoms with Gasteiger partial charge >= 0.3 is 0 Å². The Morgan fingerprint density at radius 2 is 1.84 bits per heavy atom. The molecule has 0 spiro atoms. The number of nitro groups is 1. The molecule has 0 amide bonds. The molecule has 1 heterocycles. The highest BCUT2D eigenvalue weighted by atomic mass is 32.2. The third-order valence-electron chi connectivity index (χ3n) is 10.7. The van der Waals surface area contributed by atoms with Gasteiger partial charge in [-0.05, 0) is 80.2 Å². The molecule has 2 aromatic carbocycles. The molecule has 0 radical (unpaired) electrons. The molecule has 0 aromatic heterocycles. The van der Waals surface area contributed by atoms with Crippen LogP contribution in [0.1, 0.15) is 82.1 Å². The maximum Gasteiger partial charge on any atom is 0.273 e. The van der Waals surface area contributed by atoms with Crippen molar-refractivity contribution in [2.75, 3.05) is 26.9 Å². The number of aliphatic hydroxyl groups excluding tert-OH is 2. The average molecular weight is 707 g/mol. The van der Waals surface area contributed by atoms with Crippen molar-refractivity contribution in [2.45, 2.75) is 92.8 Å². The highest BCUT2D eigenvalue weighted by molar-refractivity contribution is 8.00. The lowest BCUT2D eigenvalue weighted by molar-refractivity contribution is -0.384. The van der Waals surface area contributed by atoms with Crippen LogP contribution < -0.4 is 9.47 Å². The number of thioether (sulfide) groups is 1. The Balaban J connectivity index is 1.52. The van der Waals surface area contributed by atoms with Crippen LogP contribution in [-0.2, 0) is 9.57 Å². The molecule has 3 aliphatic carbocycles. The topological polar surface area (TPSA) is 133 Å². The molecular weight excluding hydrogens is 657 g/mol. The van der Waals surface area contributed by atoms with E-state index >= 15 is 0 Å². The van der Waals surface area contributed by atoms with Crippen LogP contribution in [0.4, 0.5) is 5.69 Å². The summed E-state index contributed by atoms with van der Waals surface area (Å²) < 4.78 is 20.5. The second-order valence-corrected chi connectivity index (χ2v) is 15.3. The zero-order valence-electron chi connectivity index (χ0n) is 28.9. The predicted molar refractivity (Wildman–Crippen MR) is 195 cm³/mol. The fourth-order valence-corrected chi connectivity index (χ4v) is 10.4. The van der Waals surface area contributed by atoms with Crippen LogP contribution in [0.25, 0.3) is 0 Å². The highest BCUT2D eigenvalue weighted by Crippen LogP contribution is 2.63. The van der Waals surface area contributed by atoms with E-state index in [0.29, 0.717) is 36.2 Å². The highest BCUT2D eigenvalue weighted by Gasteiger charge is 2.64. The summed E-state index contributed by atoms with van der Waals surface area (Å²) in [6.07, 6.45) is 14.6. The van der Waals surface area contributed by atoms with Crippen molar-refractivity contribution < 1.29 is 34.2 Å². The number of oxime groups is 1. The molecule has 50 heavy (non-hydrogen) atoms. The van der Waals surface area contributed by atoms with E-state index in [1.54, 1.807) is 25.3 Å². The van der Waals surface area contributed by atoms with Crippen LogP contribution in [0, 0.1) is 27.9 Å². The minimum Gasteiger partial charge on any atom is -0.460 e. The Morgan fingerprint density at radius 1 is 1.08 bits per heavy atom. The van der Waals surface area contributed by atoms with Crippen LogP contribution >= 0.6 is 11.8 Å². The van der Waals surface area contributed by atoms with Crippen LogP contribution in [0.5, 0.6) is 17.2 Å². The van der Waals surface area contributed by atoms with Gasteiger partial charge in [-0.3, -0.25) is 10.1 Å². The van der Waals surface area contributed by atoms with Crippen molar-refractivity contribution in [3.63, 3.8) is 0 Å². The maximum absolute atomic E-state index is 11.5. The molecule has 4 aliphatic rings. The molecule has 6 atom stereocenters. The molecule has 270 valence electrons. The van der Waals surface area contributed by atoms with Gasteiger partial charge in [-0.15, -0.1) is 18.3 Å². The van der Waals surface area contributed by atoms with Crippen molar-refractivity contribution in [1.29, 1.82) is 0 Å². The maximum atomic E-state index is 11.5. The Labute approximate surface area is 299 Å². The van der Waals surface area contributed by atoms with Crippen LogP contribution in [0.2, 0.25) is 0 Å². The largest absolute Gasteiger partial charge is 0.460 e. The van der Waals surface area contributed by atoms with Gasteiger partial charge in [0.05, 0.1) is 34.5 Å². The molecule has 2 N–H and O–H groups in total. The van der Waals surface area contributed by atoms with E-state index in [0.717, 1.165) is 67.5 Å². The summed E-state index contributed by atoms with van der Waals surface area (Å²) in [4.78, 5) is 16.6. The Kier molecular flexibility index (Phi) is 12.2. The number of benzene rings is 2. The zero-order valence-corrected chi connectivity index (χ0v) is 29.7. The Morgan fingerprint density at radius 3 is 2.56 bits per heavy atom. The average Bonchev–Trinajstić information content (AvgIpc) is 3.63. The standard InChI is InChI=1S/C39H50N2O8S/c1-3-21-47-39-36(50-30-14-4-5-15-30)25-34(40-46-2)32-22-26(11-6-8-19-42)31(16-7-9-20-43)37(38(32)39)33-24-29(17-18-35(33)49-39)48-28-13-10-12-27(23-28)41(44)45/h3,10,12-13,17-18,22-24,26,30-31,36-38,42-43H,1,4-9,11,14-16,19-21,25H2,2H3/t26-,31+,36-,37+,38+,39+/m0/s1. The molecule has 2 aromatic rings. The number of fused-ring (bicyclic) bond motifs is 2. The number of nitro benzene ring substituents is 1. The molecule has 6 rings (SSSR count). The summed E-state index contributed by atoms with van der Waals surface area (Å²) in [5.74, 6) is 0.789. The number of rotatable bonds is 17. The van der Waals surface area contributed by atoms with Crippen LogP contribution in [-0.4, -0.2) is 64.1 Å². The Bertz CT molecular complexity index is 1560. The summed E-state index contributed by atoms with van der Waals surface area (Å²) in [6.45, 7) is 4.62. The van der Waals surface area contributed by atoms with E-state index in [9.17, 15) is 20.3 Å². The quantitative estimate of drug-likeness (QED) is 0.0721. The summed E-state index contributed by atoms with van der Waals surface area (Å²) >= 11 is 1.97. The van der Waals surface area contributed by atoms with Crippen molar-refractivity contribution in [1.82, 2.24) is 0 Å². The Hall–Kier alpha value is -3.38. The first-order valence-electron chi connectivity index (χ1n) is 18.1. The fraction of sp³-hybridized carbons (Fsp3) is 0.564. The minimum atomic E-state index is -0.995. The predicted octanol–water partition coefficient (Wildman–Crippen LogP) is 8.33. The normalized spacial score (nSPS) is 27.9. The van der Waals surface area contributed by atoms with Gasteiger partial charge in [-0.25, -0.2) is 0 Å². The van der Waals surface area contributed by atoms with Gasteiger partial charge in [-0.2, -0.15) is 0 Å². The molecule has 2 fully saturated rings. The summed E-state index contributed by atoms with van der Waals surface area (Å²) in [7, 11) is 1.60. The van der Waals surface area contributed by atoms with Crippen molar-refractivity contribution >= 4 is 23.2 Å². The van der Waals surface area contributed by atoms with E-state index in [4.69, 9.17) is 19.0 Å². The molecule has 1 aliphatic heterocycles. The van der Waals surface area contributed by atoms with Gasteiger partial charge in [0.15, 0.2) is 0 Å². The van der Waals surface area contributed by atoms with Crippen molar-refractivity contribution in [2.24, 2.45) is 22.9 Å². The lowest BCUT2D eigenvalue weighted by atomic mass is 9.56. The number of aliphatic hydroxyl groups is 2. The molecule has 2 saturated carbocycles. The number of hydrogen-bond donors (Lipinski definition) is 2. The lowest BCUT2D eigenvalue weighted by Crippen LogP contribution is -2.64. The van der Waals surface area contributed by atoms with E-state index in [1.807, 2.05) is 30.0 Å². The summed E-state index contributed by atoms with van der Waals surface area (Å²) in [5, 5.41) is 36.1. The summed E-state index contributed by atoms with van der Waals surface area (Å²) in [5.41, 5.74) is 2.98. The first kappa shape index (κ1) is 36.4. The fourth-order valence-electron chi connectivity index (χ4n) is 8.67. The van der Waals surface area contributed by atoms with Gasteiger partial charge in [0.2, 0.25) is 5.79 Å². The van der Waals surface area contributed by atoms with Crippen LogP contribution in [0.3, 0.4) is 0 Å². The molecule has 0 unspecified atom stereocenters. The molecule has 0 bridgehead atoms. The van der Waals surface area contributed by atoms with Gasteiger partial charge in [0, 0.05) is 42.4 Å². The first-order chi connectivity index (χ1) is 24.4. The van der Waals surface area contributed by atoms with Crippen molar-refractivity contribution in [3.05, 3.63) is 82.4 Å². The number of allylic oxidation sites excluding steroid dienone is 1. The number of hydrogen-bond acceptors (Lipinski definition) is 10. The van der Waals surface area contributed by atoms with Gasteiger partial charge in [0.25, 0.3) is 5.69 Å². The van der Waals surface area contributed by atoms with Gasteiger partial charge < -0.3 is 29.3 Å². The monoisotopic (exact) mass is 706 g/mol.